The van der Waals surface area contributed by atoms with Crippen LogP contribution in [-0.2, 0) is 16.0 Å². The summed E-state index contributed by atoms with van der Waals surface area (Å²) in [5.41, 5.74) is 1.18. The second-order valence-corrected chi connectivity index (χ2v) is 5.76. The summed E-state index contributed by atoms with van der Waals surface area (Å²) < 4.78 is 0. The van der Waals surface area contributed by atoms with E-state index in [9.17, 15) is 9.59 Å². The van der Waals surface area contributed by atoms with E-state index in [0.29, 0.717) is 19.4 Å². The van der Waals surface area contributed by atoms with Crippen LogP contribution >= 0.6 is 0 Å². The number of amides is 2. The molecule has 1 N–H and O–H groups in total. The van der Waals surface area contributed by atoms with E-state index in [1.54, 1.807) is 4.90 Å². The van der Waals surface area contributed by atoms with E-state index < -0.39 is 6.04 Å². The van der Waals surface area contributed by atoms with Crippen LogP contribution in [0.25, 0.3) is 0 Å². The average Bonchev–Trinajstić information content (AvgIpc) is 2.50. The molecule has 0 radical (unpaired) electrons. The van der Waals surface area contributed by atoms with Gasteiger partial charge in [0.05, 0.1) is 0 Å². The summed E-state index contributed by atoms with van der Waals surface area (Å²) in [6, 6.07) is 9.73. The minimum atomic E-state index is -0.390. The van der Waals surface area contributed by atoms with E-state index in [-0.39, 0.29) is 17.9 Å². The minimum Gasteiger partial charge on any atom is -0.352 e. The van der Waals surface area contributed by atoms with Gasteiger partial charge in [0, 0.05) is 19.0 Å². The van der Waals surface area contributed by atoms with E-state index in [4.69, 9.17) is 0 Å². The molecule has 1 aromatic rings. The highest BCUT2D eigenvalue weighted by atomic mass is 16.2. The van der Waals surface area contributed by atoms with Crippen molar-refractivity contribution in [3.63, 3.8) is 0 Å². The first-order chi connectivity index (χ1) is 10.5. The molecule has 0 spiro atoms. The third kappa shape index (κ3) is 5.51. The van der Waals surface area contributed by atoms with Crippen molar-refractivity contribution in [2.75, 3.05) is 6.54 Å². The highest BCUT2D eigenvalue weighted by Gasteiger charge is 2.27. The summed E-state index contributed by atoms with van der Waals surface area (Å²) in [7, 11) is 0. The monoisotopic (exact) mass is 304 g/mol. The molecule has 122 valence electrons. The maximum Gasteiger partial charge on any atom is 0.242 e. The lowest BCUT2D eigenvalue weighted by molar-refractivity contribution is -0.140. The Morgan fingerprint density at radius 3 is 2.27 bits per heavy atom. The van der Waals surface area contributed by atoms with E-state index in [2.05, 4.69) is 5.32 Å². The van der Waals surface area contributed by atoms with E-state index in [0.717, 1.165) is 6.42 Å². The zero-order valence-corrected chi connectivity index (χ0v) is 14.1. The number of carbonyl (C=O) groups excluding carboxylic acids is 2. The van der Waals surface area contributed by atoms with Crippen LogP contribution < -0.4 is 5.32 Å². The van der Waals surface area contributed by atoms with Crippen LogP contribution in [0.4, 0.5) is 0 Å². The zero-order chi connectivity index (χ0) is 16.5. The Kier molecular flexibility index (Phi) is 7.64. The lowest BCUT2D eigenvalue weighted by Crippen LogP contribution is -2.51. The van der Waals surface area contributed by atoms with Crippen LogP contribution in [0.3, 0.4) is 0 Å². The van der Waals surface area contributed by atoms with Gasteiger partial charge in [-0.05, 0) is 32.3 Å². The molecule has 0 bridgehead atoms. The quantitative estimate of drug-likeness (QED) is 0.803. The summed E-state index contributed by atoms with van der Waals surface area (Å²) in [5.74, 6) is -0.0333. The van der Waals surface area contributed by atoms with E-state index in [1.165, 1.54) is 5.56 Å². The average molecular weight is 304 g/mol. The van der Waals surface area contributed by atoms with Crippen LogP contribution in [0, 0.1) is 0 Å². The Morgan fingerprint density at radius 2 is 1.77 bits per heavy atom. The molecule has 0 fully saturated rings. The molecule has 1 unspecified atom stereocenters. The molecule has 0 aliphatic carbocycles. The van der Waals surface area contributed by atoms with Gasteiger partial charge < -0.3 is 10.2 Å². The van der Waals surface area contributed by atoms with Gasteiger partial charge >= 0.3 is 0 Å². The van der Waals surface area contributed by atoms with Crippen molar-refractivity contribution in [2.24, 2.45) is 0 Å². The number of benzene rings is 1. The molecule has 0 saturated heterocycles. The fourth-order valence-electron chi connectivity index (χ4n) is 2.48. The first-order valence-corrected chi connectivity index (χ1v) is 8.13. The second kappa shape index (κ2) is 9.23. The number of nitrogens with one attached hydrogen (secondary N) is 1. The van der Waals surface area contributed by atoms with Crippen molar-refractivity contribution in [1.29, 1.82) is 0 Å². The topological polar surface area (TPSA) is 49.4 Å². The maximum absolute atomic E-state index is 12.4. The van der Waals surface area contributed by atoms with Gasteiger partial charge in [-0.2, -0.15) is 0 Å². The Balaban J connectivity index is 2.81. The summed E-state index contributed by atoms with van der Waals surface area (Å²) in [6.45, 7) is 8.22. The lowest BCUT2D eigenvalue weighted by Gasteiger charge is -2.31. The third-order valence-electron chi connectivity index (χ3n) is 3.60. The van der Waals surface area contributed by atoms with Crippen molar-refractivity contribution >= 4 is 11.8 Å². The smallest absolute Gasteiger partial charge is 0.242 e. The van der Waals surface area contributed by atoms with Gasteiger partial charge in [-0.3, -0.25) is 9.59 Å². The zero-order valence-electron chi connectivity index (χ0n) is 14.1. The highest BCUT2D eigenvalue weighted by Crippen LogP contribution is 2.10. The summed E-state index contributed by atoms with van der Waals surface area (Å²) >= 11 is 0. The van der Waals surface area contributed by atoms with Crippen LogP contribution in [0.2, 0.25) is 0 Å². The molecule has 4 nitrogen and oxygen atoms in total. The molecule has 1 rings (SSSR count). The summed E-state index contributed by atoms with van der Waals surface area (Å²) in [5, 5.41) is 2.92. The molecule has 0 heterocycles. The first kappa shape index (κ1) is 18.2. The molecule has 0 aliphatic heterocycles. The van der Waals surface area contributed by atoms with Crippen LogP contribution in [-0.4, -0.2) is 35.3 Å². The van der Waals surface area contributed by atoms with Gasteiger partial charge in [-0.1, -0.05) is 44.2 Å². The predicted molar refractivity (Wildman–Crippen MR) is 89.5 cm³/mol. The van der Waals surface area contributed by atoms with Crippen LogP contribution in [0.15, 0.2) is 30.3 Å². The molecule has 0 aromatic heterocycles. The first-order valence-electron chi connectivity index (χ1n) is 8.13. The summed E-state index contributed by atoms with van der Waals surface area (Å²) in [4.78, 5) is 26.3. The molecule has 1 atom stereocenters. The normalized spacial score (nSPS) is 12.0. The maximum atomic E-state index is 12.4. The van der Waals surface area contributed by atoms with Gasteiger partial charge in [-0.25, -0.2) is 0 Å². The van der Waals surface area contributed by atoms with Crippen LogP contribution in [0.1, 0.15) is 46.1 Å². The lowest BCUT2D eigenvalue weighted by atomic mass is 10.1. The SMILES string of the molecule is CCC(=O)N(CCc1ccccc1)C(CC)C(=O)NC(C)C. The van der Waals surface area contributed by atoms with Crippen molar-refractivity contribution in [1.82, 2.24) is 10.2 Å². The largest absolute Gasteiger partial charge is 0.352 e. The number of nitrogens with zero attached hydrogens (tertiary/aromatic N) is 1. The Hall–Kier alpha value is -1.84. The number of carbonyl (C=O) groups is 2. The molecule has 0 saturated carbocycles. The molecule has 4 heteroatoms. The predicted octanol–water partition coefficient (Wildman–Crippen LogP) is 2.77. The van der Waals surface area contributed by atoms with E-state index >= 15 is 0 Å². The Labute approximate surface area is 133 Å². The third-order valence-corrected chi connectivity index (χ3v) is 3.60. The number of hydrogen-bond donors (Lipinski definition) is 1. The molecular weight excluding hydrogens is 276 g/mol. The van der Waals surface area contributed by atoms with Gasteiger partial charge in [0.2, 0.25) is 11.8 Å². The molecular formula is C18H28N2O2. The minimum absolute atomic E-state index is 0.0293. The van der Waals surface area contributed by atoms with Crippen molar-refractivity contribution in [3.8, 4) is 0 Å². The number of rotatable bonds is 8. The highest BCUT2D eigenvalue weighted by molar-refractivity contribution is 5.87. The Bertz CT molecular complexity index is 471. The number of hydrogen-bond acceptors (Lipinski definition) is 2. The van der Waals surface area contributed by atoms with Crippen molar-refractivity contribution in [3.05, 3.63) is 35.9 Å². The van der Waals surface area contributed by atoms with Gasteiger partial charge in [0.1, 0.15) is 6.04 Å². The molecule has 2 amide bonds. The second-order valence-electron chi connectivity index (χ2n) is 5.76. The summed E-state index contributed by atoms with van der Waals surface area (Å²) in [6.07, 6.45) is 1.80. The van der Waals surface area contributed by atoms with Crippen molar-refractivity contribution < 1.29 is 9.59 Å². The van der Waals surface area contributed by atoms with Gasteiger partial charge in [0.25, 0.3) is 0 Å². The van der Waals surface area contributed by atoms with Gasteiger partial charge in [0.15, 0.2) is 0 Å². The Morgan fingerprint density at radius 1 is 1.14 bits per heavy atom. The molecule has 0 aliphatic rings. The standard InChI is InChI=1S/C18H28N2O2/c1-5-16(18(22)19-14(3)4)20(17(21)6-2)13-12-15-10-8-7-9-11-15/h7-11,14,16H,5-6,12-13H2,1-4H3,(H,19,22). The fourth-order valence-corrected chi connectivity index (χ4v) is 2.48. The van der Waals surface area contributed by atoms with E-state index in [1.807, 2.05) is 58.0 Å². The molecule has 22 heavy (non-hydrogen) atoms. The van der Waals surface area contributed by atoms with Gasteiger partial charge in [-0.15, -0.1) is 0 Å². The van der Waals surface area contributed by atoms with Crippen LogP contribution in [0.5, 0.6) is 0 Å². The van der Waals surface area contributed by atoms with Crippen molar-refractivity contribution in [2.45, 2.75) is 59.0 Å². The fraction of sp³-hybridized carbons (Fsp3) is 0.556. The molecule has 1 aromatic carbocycles.